The molecule has 0 atom stereocenters. The molecule has 0 spiro atoms. The van der Waals surface area contributed by atoms with Crippen LogP contribution in [-0.2, 0) is 17.9 Å². The summed E-state index contributed by atoms with van der Waals surface area (Å²) in [7, 11) is 0. The van der Waals surface area contributed by atoms with Crippen molar-refractivity contribution in [2.45, 2.75) is 38.8 Å². The first kappa shape index (κ1) is 14.7. The zero-order valence-electron chi connectivity index (χ0n) is 12.6. The Bertz CT molecular complexity index is 615. The van der Waals surface area contributed by atoms with Crippen molar-refractivity contribution in [2.24, 2.45) is 5.92 Å². The van der Waals surface area contributed by atoms with E-state index in [-0.39, 0.29) is 17.6 Å². The Morgan fingerprint density at radius 3 is 2.59 bits per heavy atom. The summed E-state index contributed by atoms with van der Waals surface area (Å²) >= 11 is 0. The monoisotopic (exact) mass is 299 g/mol. The highest BCUT2D eigenvalue weighted by Gasteiger charge is 2.28. The first-order valence-corrected chi connectivity index (χ1v) is 7.82. The summed E-state index contributed by atoms with van der Waals surface area (Å²) in [6.45, 7) is 0.847. The number of amides is 1. The van der Waals surface area contributed by atoms with Gasteiger partial charge < -0.3 is 14.4 Å². The number of phenolic OH excluding ortho intramolecular Hbond substituents is 1. The van der Waals surface area contributed by atoms with Crippen LogP contribution >= 0.6 is 0 Å². The Morgan fingerprint density at radius 1 is 1.14 bits per heavy atom. The summed E-state index contributed by atoms with van der Waals surface area (Å²) in [6.07, 6.45) is 5.80. The average Bonchev–Trinajstić information content (AvgIpc) is 3.21. The van der Waals surface area contributed by atoms with Crippen LogP contribution in [0.4, 0.5) is 0 Å². The van der Waals surface area contributed by atoms with E-state index in [4.69, 9.17) is 4.42 Å². The molecular weight excluding hydrogens is 278 g/mol. The van der Waals surface area contributed by atoms with Gasteiger partial charge in [0.2, 0.25) is 5.91 Å². The van der Waals surface area contributed by atoms with Crippen molar-refractivity contribution in [3.05, 3.63) is 54.0 Å². The molecule has 0 unspecified atom stereocenters. The van der Waals surface area contributed by atoms with E-state index in [0.29, 0.717) is 13.1 Å². The fourth-order valence-corrected chi connectivity index (χ4v) is 3.08. The molecule has 1 amide bonds. The summed E-state index contributed by atoms with van der Waals surface area (Å²) < 4.78 is 5.39. The Balaban J connectivity index is 1.79. The number of furan rings is 1. The smallest absolute Gasteiger partial charge is 0.226 e. The van der Waals surface area contributed by atoms with Crippen LogP contribution in [0, 0.1) is 5.92 Å². The zero-order valence-corrected chi connectivity index (χ0v) is 12.6. The minimum Gasteiger partial charge on any atom is -0.508 e. The molecule has 0 bridgehead atoms. The number of carbonyl (C=O) groups is 1. The number of hydrogen-bond donors (Lipinski definition) is 1. The Hall–Kier alpha value is -2.23. The third-order valence-electron chi connectivity index (χ3n) is 4.30. The molecule has 116 valence electrons. The van der Waals surface area contributed by atoms with Gasteiger partial charge in [-0.1, -0.05) is 31.0 Å². The minimum atomic E-state index is 0.112. The Kier molecular flexibility index (Phi) is 4.47. The molecule has 1 heterocycles. The van der Waals surface area contributed by atoms with E-state index < -0.39 is 0 Å². The van der Waals surface area contributed by atoms with Crippen molar-refractivity contribution in [2.75, 3.05) is 0 Å². The minimum absolute atomic E-state index is 0.112. The molecule has 1 aliphatic carbocycles. The van der Waals surface area contributed by atoms with Gasteiger partial charge >= 0.3 is 0 Å². The van der Waals surface area contributed by atoms with Crippen LogP contribution in [-0.4, -0.2) is 15.9 Å². The maximum atomic E-state index is 12.8. The van der Waals surface area contributed by atoms with Gasteiger partial charge in [-0.15, -0.1) is 0 Å². The Morgan fingerprint density at radius 2 is 1.91 bits per heavy atom. The lowest BCUT2D eigenvalue weighted by atomic mass is 10.1. The molecule has 4 nitrogen and oxygen atoms in total. The summed E-state index contributed by atoms with van der Waals surface area (Å²) in [4.78, 5) is 14.6. The van der Waals surface area contributed by atoms with Crippen LogP contribution in [0.1, 0.15) is 37.0 Å². The van der Waals surface area contributed by atoms with Crippen LogP contribution in [0.25, 0.3) is 0 Å². The zero-order chi connectivity index (χ0) is 15.4. The van der Waals surface area contributed by atoms with Gasteiger partial charge in [-0.05, 0) is 31.0 Å². The highest BCUT2D eigenvalue weighted by Crippen LogP contribution is 2.28. The van der Waals surface area contributed by atoms with Gasteiger partial charge in [-0.2, -0.15) is 0 Å². The number of nitrogens with zero attached hydrogens (tertiary/aromatic N) is 1. The predicted molar refractivity (Wildman–Crippen MR) is 83.0 cm³/mol. The van der Waals surface area contributed by atoms with Gasteiger partial charge in [-0.25, -0.2) is 0 Å². The maximum absolute atomic E-state index is 12.8. The predicted octanol–water partition coefficient (Wildman–Crippen LogP) is 3.70. The van der Waals surface area contributed by atoms with Crippen LogP contribution < -0.4 is 0 Å². The second-order valence-corrected chi connectivity index (χ2v) is 5.88. The molecule has 1 aromatic heterocycles. The van der Waals surface area contributed by atoms with Crippen LogP contribution in [0.2, 0.25) is 0 Å². The van der Waals surface area contributed by atoms with Crippen molar-refractivity contribution >= 4 is 5.91 Å². The van der Waals surface area contributed by atoms with Crippen LogP contribution in [0.3, 0.4) is 0 Å². The van der Waals surface area contributed by atoms with E-state index in [0.717, 1.165) is 37.0 Å². The summed E-state index contributed by atoms with van der Waals surface area (Å²) in [6, 6.07) is 10.9. The second kappa shape index (κ2) is 6.69. The van der Waals surface area contributed by atoms with Crippen LogP contribution in [0.5, 0.6) is 5.75 Å². The molecule has 3 rings (SSSR count). The lowest BCUT2D eigenvalue weighted by Gasteiger charge is -2.25. The molecule has 2 aromatic rings. The highest BCUT2D eigenvalue weighted by atomic mass is 16.3. The third-order valence-corrected chi connectivity index (χ3v) is 4.30. The fourth-order valence-electron chi connectivity index (χ4n) is 3.08. The van der Waals surface area contributed by atoms with Gasteiger partial charge in [0, 0.05) is 18.0 Å². The Labute approximate surface area is 130 Å². The van der Waals surface area contributed by atoms with Gasteiger partial charge in [0.05, 0.1) is 12.8 Å². The summed E-state index contributed by atoms with van der Waals surface area (Å²) in [5.41, 5.74) is 0.764. The summed E-state index contributed by atoms with van der Waals surface area (Å²) in [5, 5.41) is 9.97. The topological polar surface area (TPSA) is 53.7 Å². The first-order chi connectivity index (χ1) is 10.7. The highest BCUT2D eigenvalue weighted by molar-refractivity contribution is 5.79. The third kappa shape index (κ3) is 3.32. The maximum Gasteiger partial charge on any atom is 0.226 e. The number of carbonyl (C=O) groups excluding carboxylic acids is 1. The van der Waals surface area contributed by atoms with Crippen molar-refractivity contribution in [1.82, 2.24) is 4.90 Å². The van der Waals surface area contributed by atoms with E-state index in [1.165, 1.54) is 0 Å². The number of para-hydroxylation sites is 1. The molecule has 1 aromatic carbocycles. The van der Waals surface area contributed by atoms with E-state index >= 15 is 0 Å². The van der Waals surface area contributed by atoms with E-state index in [2.05, 4.69) is 0 Å². The molecule has 0 radical (unpaired) electrons. The van der Waals surface area contributed by atoms with Gasteiger partial charge in [0.15, 0.2) is 0 Å². The lowest BCUT2D eigenvalue weighted by Crippen LogP contribution is -2.34. The standard InChI is InChI=1S/C18H21NO3/c20-17-10-4-3-8-15(17)12-19(13-16-9-5-11-22-16)18(21)14-6-1-2-7-14/h3-5,8-11,14,20H,1-2,6-7,12-13H2. The molecule has 22 heavy (non-hydrogen) atoms. The van der Waals surface area contributed by atoms with E-state index in [9.17, 15) is 9.90 Å². The number of aromatic hydroxyl groups is 1. The number of rotatable bonds is 5. The fraction of sp³-hybridized carbons (Fsp3) is 0.389. The average molecular weight is 299 g/mol. The molecule has 0 saturated heterocycles. The molecular formula is C18H21NO3. The largest absolute Gasteiger partial charge is 0.508 e. The van der Waals surface area contributed by atoms with Crippen molar-refractivity contribution in [3.63, 3.8) is 0 Å². The van der Waals surface area contributed by atoms with Crippen LogP contribution in [0.15, 0.2) is 47.1 Å². The van der Waals surface area contributed by atoms with E-state index in [1.807, 2.05) is 24.3 Å². The quantitative estimate of drug-likeness (QED) is 0.915. The van der Waals surface area contributed by atoms with Gasteiger partial charge in [0.1, 0.15) is 11.5 Å². The molecule has 4 heteroatoms. The van der Waals surface area contributed by atoms with Crippen molar-refractivity contribution in [3.8, 4) is 5.75 Å². The van der Waals surface area contributed by atoms with Gasteiger partial charge in [-0.3, -0.25) is 4.79 Å². The van der Waals surface area contributed by atoms with E-state index in [1.54, 1.807) is 23.3 Å². The summed E-state index contributed by atoms with van der Waals surface area (Å²) in [5.74, 6) is 1.27. The normalized spacial score (nSPS) is 15.1. The van der Waals surface area contributed by atoms with Gasteiger partial charge in [0.25, 0.3) is 0 Å². The van der Waals surface area contributed by atoms with Crippen molar-refractivity contribution < 1.29 is 14.3 Å². The second-order valence-electron chi connectivity index (χ2n) is 5.88. The molecule has 1 aliphatic rings. The SMILES string of the molecule is O=C(C1CCCC1)N(Cc1ccco1)Cc1ccccc1O. The molecule has 1 N–H and O–H groups in total. The lowest BCUT2D eigenvalue weighted by molar-refractivity contribution is -0.136. The number of benzene rings is 1. The first-order valence-electron chi connectivity index (χ1n) is 7.82. The number of hydrogen-bond acceptors (Lipinski definition) is 3. The molecule has 1 saturated carbocycles. The van der Waals surface area contributed by atoms with Crippen molar-refractivity contribution in [1.29, 1.82) is 0 Å². The molecule has 1 fully saturated rings. The molecule has 0 aliphatic heterocycles. The number of phenols is 1.